The summed E-state index contributed by atoms with van der Waals surface area (Å²) < 4.78 is 0. The summed E-state index contributed by atoms with van der Waals surface area (Å²) in [6.07, 6.45) is 3.35. The Morgan fingerprint density at radius 2 is 2.04 bits per heavy atom. The number of halogens is 1. The van der Waals surface area contributed by atoms with Crippen molar-refractivity contribution in [3.63, 3.8) is 0 Å². The number of carbonyl (C=O) groups excluding carboxylic acids is 1. The van der Waals surface area contributed by atoms with Gasteiger partial charge in [0.05, 0.1) is 28.3 Å². The fraction of sp³-hybridized carbons (Fsp3) is 0.455. The molecule has 3 atom stereocenters. The van der Waals surface area contributed by atoms with Gasteiger partial charge in [-0.1, -0.05) is 41.9 Å². The third kappa shape index (κ3) is 3.66. The Morgan fingerprint density at radius 1 is 1.25 bits per heavy atom. The van der Waals surface area contributed by atoms with Gasteiger partial charge in [-0.05, 0) is 43.5 Å². The highest BCUT2D eigenvalue weighted by atomic mass is 35.5. The minimum Gasteiger partial charge on any atom is -0.391 e. The minimum absolute atomic E-state index is 0.139. The molecule has 2 aromatic rings. The fourth-order valence-electron chi connectivity index (χ4n) is 4.89. The van der Waals surface area contributed by atoms with Crippen LogP contribution in [0.15, 0.2) is 48.7 Å². The molecule has 2 saturated heterocycles. The van der Waals surface area contributed by atoms with Crippen molar-refractivity contribution in [2.75, 3.05) is 20.1 Å². The lowest BCUT2D eigenvalue weighted by Crippen LogP contribution is -2.59. The third-order valence-electron chi connectivity index (χ3n) is 6.13. The lowest BCUT2D eigenvalue weighted by atomic mass is 9.69. The number of likely N-dealkylation sites (N-methyl/N-ethyl adjacent to an activating group) is 1. The van der Waals surface area contributed by atoms with Crippen LogP contribution < -0.4 is 0 Å². The van der Waals surface area contributed by atoms with E-state index in [4.69, 9.17) is 11.6 Å². The van der Waals surface area contributed by atoms with E-state index < -0.39 is 11.5 Å². The summed E-state index contributed by atoms with van der Waals surface area (Å²) in [6, 6.07) is 13.3. The standard InChI is InChI=1S/C22H26ClN3O2/c1-25-20(16-6-3-2-4-7-16)19(27)12-22(21(25)28)10-5-11-26(15-22)14-18-9-8-17(23)13-24-18/h2-4,6-9,13,19-20,27H,5,10-12,14-15H2,1H3/t19-,20+,22-/m1/s1. The van der Waals surface area contributed by atoms with Gasteiger partial charge in [0, 0.05) is 26.3 Å². The Bertz CT molecular complexity index is 829. The monoisotopic (exact) mass is 399 g/mol. The minimum atomic E-state index is -0.571. The molecule has 0 saturated carbocycles. The Labute approximate surface area is 170 Å². The molecular weight excluding hydrogens is 374 g/mol. The van der Waals surface area contributed by atoms with Crippen molar-refractivity contribution in [2.24, 2.45) is 5.41 Å². The van der Waals surface area contributed by atoms with Crippen LogP contribution in [0.25, 0.3) is 0 Å². The summed E-state index contributed by atoms with van der Waals surface area (Å²) in [5.74, 6) is 0.139. The number of hydrogen-bond donors (Lipinski definition) is 1. The number of aliphatic hydroxyl groups excluding tert-OH is 1. The van der Waals surface area contributed by atoms with Crippen molar-refractivity contribution in [3.8, 4) is 0 Å². The first-order valence-electron chi connectivity index (χ1n) is 9.82. The molecule has 1 spiro atoms. The zero-order chi connectivity index (χ0) is 19.7. The molecule has 1 aromatic carbocycles. The van der Waals surface area contributed by atoms with Gasteiger partial charge in [0.1, 0.15) is 0 Å². The van der Waals surface area contributed by atoms with Gasteiger partial charge in [0.2, 0.25) is 5.91 Å². The number of piperidine rings is 2. The first kappa shape index (κ1) is 19.4. The molecule has 148 valence electrons. The van der Waals surface area contributed by atoms with Crippen LogP contribution in [0.4, 0.5) is 0 Å². The van der Waals surface area contributed by atoms with Gasteiger partial charge in [-0.2, -0.15) is 0 Å². The van der Waals surface area contributed by atoms with Gasteiger partial charge in [0.15, 0.2) is 0 Å². The predicted molar refractivity (Wildman–Crippen MR) is 109 cm³/mol. The van der Waals surface area contributed by atoms with E-state index >= 15 is 0 Å². The number of rotatable bonds is 3. The summed E-state index contributed by atoms with van der Waals surface area (Å²) >= 11 is 5.93. The maximum Gasteiger partial charge on any atom is 0.230 e. The maximum absolute atomic E-state index is 13.4. The van der Waals surface area contributed by atoms with Crippen molar-refractivity contribution < 1.29 is 9.90 Å². The van der Waals surface area contributed by atoms with E-state index in [2.05, 4.69) is 9.88 Å². The van der Waals surface area contributed by atoms with Gasteiger partial charge in [-0.15, -0.1) is 0 Å². The van der Waals surface area contributed by atoms with Crippen LogP contribution in [0.2, 0.25) is 5.02 Å². The average molecular weight is 400 g/mol. The molecule has 28 heavy (non-hydrogen) atoms. The number of hydrogen-bond acceptors (Lipinski definition) is 4. The van der Waals surface area contributed by atoms with Crippen LogP contribution >= 0.6 is 11.6 Å². The van der Waals surface area contributed by atoms with E-state index in [0.29, 0.717) is 24.5 Å². The number of pyridine rings is 1. The Kier molecular flexibility index (Phi) is 5.41. The maximum atomic E-state index is 13.4. The molecule has 2 aliphatic rings. The molecule has 1 N–H and O–H groups in total. The summed E-state index contributed by atoms with van der Waals surface area (Å²) in [4.78, 5) is 21.9. The van der Waals surface area contributed by atoms with Gasteiger partial charge >= 0.3 is 0 Å². The Hall–Kier alpha value is -1.95. The smallest absolute Gasteiger partial charge is 0.230 e. The Morgan fingerprint density at radius 3 is 2.75 bits per heavy atom. The van der Waals surface area contributed by atoms with Crippen LogP contribution in [0.3, 0.4) is 0 Å². The normalized spacial score (nSPS) is 28.7. The lowest BCUT2D eigenvalue weighted by Gasteiger charge is -2.51. The molecule has 2 fully saturated rings. The van der Waals surface area contributed by atoms with E-state index in [1.165, 1.54) is 0 Å². The molecule has 3 heterocycles. The van der Waals surface area contributed by atoms with E-state index in [0.717, 1.165) is 30.6 Å². The number of aromatic nitrogens is 1. The van der Waals surface area contributed by atoms with E-state index in [9.17, 15) is 9.90 Å². The second-order valence-electron chi connectivity index (χ2n) is 8.11. The quantitative estimate of drug-likeness (QED) is 0.860. The summed E-state index contributed by atoms with van der Waals surface area (Å²) in [5, 5.41) is 11.6. The number of likely N-dealkylation sites (tertiary alicyclic amines) is 2. The highest BCUT2D eigenvalue weighted by molar-refractivity contribution is 6.30. The fourth-order valence-corrected chi connectivity index (χ4v) is 5.00. The first-order chi connectivity index (χ1) is 13.5. The van der Waals surface area contributed by atoms with Crippen molar-refractivity contribution in [3.05, 3.63) is 64.9 Å². The van der Waals surface area contributed by atoms with E-state index in [1.807, 2.05) is 49.5 Å². The number of aliphatic hydroxyl groups is 1. The number of benzene rings is 1. The molecule has 1 amide bonds. The van der Waals surface area contributed by atoms with Crippen LogP contribution in [0.1, 0.15) is 36.6 Å². The molecule has 6 heteroatoms. The zero-order valence-electron chi connectivity index (χ0n) is 16.1. The molecule has 1 aromatic heterocycles. The van der Waals surface area contributed by atoms with Crippen LogP contribution in [-0.2, 0) is 11.3 Å². The lowest BCUT2D eigenvalue weighted by molar-refractivity contribution is -0.162. The molecule has 0 radical (unpaired) electrons. The van der Waals surface area contributed by atoms with E-state index in [-0.39, 0.29) is 11.9 Å². The molecule has 0 unspecified atom stereocenters. The molecule has 5 nitrogen and oxygen atoms in total. The average Bonchev–Trinajstić information content (AvgIpc) is 2.69. The van der Waals surface area contributed by atoms with Gasteiger partial charge in [-0.3, -0.25) is 14.7 Å². The molecule has 4 rings (SSSR count). The summed E-state index contributed by atoms with van der Waals surface area (Å²) in [6.45, 7) is 2.27. The molecule has 0 bridgehead atoms. The van der Waals surface area contributed by atoms with Gasteiger partial charge < -0.3 is 10.0 Å². The largest absolute Gasteiger partial charge is 0.391 e. The van der Waals surface area contributed by atoms with Crippen molar-refractivity contribution in [1.29, 1.82) is 0 Å². The zero-order valence-corrected chi connectivity index (χ0v) is 16.8. The molecular formula is C22H26ClN3O2. The SMILES string of the molecule is CN1C(=O)[C@]2(CCCN(Cc3ccc(Cl)cn3)C2)C[C@@H](O)[C@@H]1c1ccccc1. The number of nitrogens with zero attached hydrogens (tertiary/aromatic N) is 3. The van der Waals surface area contributed by atoms with Crippen LogP contribution in [-0.4, -0.2) is 52.0 Å². The van der Waals surface area contributed by atoms with Gasteiger partial charge in [0.25, 0.3) is 0 Å². The highest BCUT2D eigenvalue weighted by Crippen LogP contribution is 2.45. The number of amides is 1. The molecule has 0 aliphatic carbocycles. The Balaban J connectivity index is 1.52. The number of carbonyl (C=O) groups is 1. The van der Waals surface area contributed by atoms with Crippen LogP contribution in [0, 0.1) is 5.41 Å². The summed E-state index contributed by atoms with van der Waals surface area (Å²) in [7, 11) is 1.82. The highest BCUT2D eigenvalue weighted by Gasteiger charge is 2.51. The third-order valence-corrected chi connectivity index (χ3v) is 6.35. The first-order valence-corrected chi connectivity index (χ1v) is 10.2. The van der Waals surface area contributed by atoms with Crippen LogP contribution in [0.5, 0.6) is 0 Å². The van der Waals surface area contributed by atoms with Gasteiger partial charge in [-0.25, -0.2) is 0 Å². The summed E-state index contributed by atoms with van der Waals surface area (Å²) in [5.41, 5.74) is 1.41. The van der Waals surface area contributed by atoms with Crippen molar-refractivity contribution in [2.45, 2.75) is 38.0 Å². The topological polar surface area (TPSA) is 56.7 Å². The molecule has 2 aliphatic heterocycles. The van der Waals surface area contributed by atoms with Crippen molar-refractivity contribution >= 4 is 17.5 Å². The predicted octanol–water partition coefficient (Wildman–Crippen LogP) is 3.28. The van der Waals surface area contributed by atoms with E-state index in [1.54, 1.807) is 11.1 Å². The second-order valence-corrected chi connectivity index (χ2v) is 8.54. The second kappa shape index (κ2) is 7.82. The van der Waals surface area contributed by atoms with Crippen molar-refractivity contribution in [1.82, 2.24) is 14.8 Å².